The first-order chi connectivity index (χ1) is 7.63. The summed E-state index contributed by atoms with van der Waals surface area (Å²) in [4.78, 5) is 0. The Labute approximate surface area is 101 Å². The molecular formula is C12H17ClFNO. The zero-order chi connectivity index (χ0) is 12.0. The maximum atomic E-state index is 12.4. The third-order valence-electron chi connectivity index (χ3n) is 2.60. The molecule has 0 unspecified atom stereocenters. The lowest BCUT2D eigenvalue weighted by Gasteiger charge is -2.02. The highest BCUT2D eigenvalue weighted by molar-refractivity contribution is 6.30. The summed E-state index contributed by atoms with van der Waals surface area (Å²) in [6.45, 7) is 0. The Hall–Kier alpha value is -0.800. The van der Waals surface area contributed by atoms with Crippen LogP contribution in [0.1, 0.15) is 25.7 Å². The van der Waals surface area contributed by atoms with Crippen molar-refractivity contribution in [3.63, 3.8) is 0 Å². The molecule has 1 aliphatic rings. The normalized spacial score (nSPS) is 15.7. The quantitative estimate of drug-likeness (QED) is 0.767. The van der Waals surface area contributed by atoms with Gasteiger partial charge in [0, 0.05) is 12.1 Å². The third kappa shape index (κ3) is 4.37. The summed E-state index contributed by atoms with van der Waals surface area (Å²) in [7, 11) is 1.80. The Bertz CT molecular complexity index is 327. The zero-order valence-electron chi connectivity index (χ0n) is 9.38. The van der Waals surface area contributed by atoms with Gasteiger partial charge in [0.2, 0.25) is 0 Å². The summed E-state index contributed by atoms with van der Waals surface area (Å²) in [5, 5.41) is 0.363. The van der Waals surface area contributed by atoms with Crippen LogP contribution in [0.15, 0.2) is 18.2 Å². The molecule has 0 aliphatic heterocycles. The number of hydrogen-bond acceptors (Lipinski definition) is 2. The van der Waals surface area contributed by atoms with Gasteiger partial charge in [0.15, 0.2) is 0 Å². The highest BCUT2D eigenvalue weighted by atomic mass is 35.5. The van der Waals surface area contributed by atoms with Crippen molar-refractivity contribution >= 4 is 17.3 Å². The van der Waals surface area contributed by atoms with Crippen molar-refractivity contribution < 1.29 is 9.13 Å². The second-order valence-electron chi connectivity index (χ2n) is 3.81. The van der Waals surface area contributed by atoms with Crippen LogP contribution in [-0.4, -0.2) is 13.2 Å². The van der Waals surface area contributed by atoms with Gasteiger partial charge in [0.1, 0.15) is 5.82 Å². The fourth-order valence-electron chi connectivity index (χ4n) is 1.63. The Morgan fingerprint density at radius 3 is 2.38 bits per heavy atom. The number of halogens is 2. The van der Waals surface area contributed by atoms with Crippen LogP contribution in [-0.2, 0) is 4.74 Å². The van der Waals surface area contributed by atoms with Crippen LogP contribution in [0.4, 0.5) is 10.1 Å². The molecule has 2 N–H and O–H groups in total. The lowest BCUT2D eigenvalue weighted by atomic mass is 10.3. The molecule has 1 aromatic carbocycles. The predicted octanol–water partition coefficient (Wildman–Crippen LogP) is 3.64. The first-order valence-corrected chi connectivity index (χ1v) is 5.74. The van der Waals surface area contributed by atoms with Crippen LogP contribution >= 0.6 is 11.6 Å². The number of benzene rings is 1. The average molecular weight is 246 g/mol. The molecule has 0 aromatic heterocycles. The summed E-state index contributed by atoms with van der Waals surface area (Å²) < 4.78 is 17.5. The first kappa shape index (κ1) is 13.3. The van der Waals surface area contributed by atoms with Gasteiger partial charge in [-0.1, -0.05) is 24.4 Å². The van der Waals surface area contributed by atoms with Gasteiger partial charge < -0.3 is 10.5 Å². The predicted molar refractivity (Wildman–Crippen MR) is 65.1 cm³/mol. The number of rotatable bonds is 1. The van der Waals surface area contributed by atoms with Crippen LogP contribution in [0.5, 0.6) is 0 Å². The van der Waals surface area contributed by atoms with Crippen LogP contribution in [0, 0.1) is 5.82 Å². The maximum absolute atomic E-state index is 12.4. The summed E-state index contributed by atoms with van der Waals surface area (Å²) in [6.07, 6.45) is 5.92. The molecule has 2 rings (SSSR count). The summed E-state index contributed by atoms with van der Waals surface area (Å²) in [6, 6.07) is 4.15. The van der Waals surface area contributed by atoms with Gasteiger partial charge in [-0.3, -0.25) is 0 Å². The van der Waals surface area contributed by atoms with Crippen LogP contribution in [0.25, 0.3) is 0 Å². The highest BCUT2D eigenvalue weighted by Gasteiger charge is 2.12. The summed E-state index contributed by atoms with van der Waals surface area (Å²) >= 11 is 5.42. The number of anilines is 1. The molecule has 16 heavy (non-hydrogen) atoms. The van der Waals surface area contributed by atoms with E-state index in [-0.39, 0.29) is 5.69 Å². The van der Waals surface area contributed by atoms with Gasteiger partial charge in [-0.25, -0.2) is 4.39 Å². The Morgan fingerprint density at radius 2 is 2.00 bits per heavy atom. The van der Waals surface area contributed by atoms with Crippen LogP contribution in [0.3, 0.4) is 0 Å². The molecule has 1 fully saturated rings. The Kier molecular flexibility index (Phi) is 5.56. The van der Waals surface area contributed by atoms with Crippen LogP contribution < -0.4 is 5.73 Å². The fourth-order valence-corrected chi connectivity index (χ4v) is 1.78. The van der Waals surface area contributed by atoms with Crippen molar-refractivity contribution in [1.82, 2.24) is 0 Å². The van der Waals surface area contributed by atoms with Crippen molar-refractivity contribution in [3.05, 3.63) is 29.0 Å². The van der Waals surface area contributed by atoms with Gasteiger partial charge >= 0.3 is 0 Å². The van der Waals surface area contributed by atoms with Gasteiger partial charge in [0.25, 0.3) is 0 Å². The van der Waals surface area contributed by atoms with Crippen molar-refractivity contribution in [3.8, 4) is 0 Å². The molecule has 1 saturated carbocycles. The van der Waals surface area contributed by atoms with E-state index in [1.165, 1.54) is 37.8 Å². The van der Waals surface area contributed by atoms with Gasteiger partial charge in [-0.05, 0) is 31.0 Å². The van der Waals surface area contributed by atoms with Gasteiger partial charge in [-0.15, -0.1) is 0 Å². The second-order valence-corrected chi connectivity index (χ2v) is 4.24. The minimum Gasteiger partial charge on any atom is -0.396 e. The number of nitrogens with two attached hydrogens (primary N) is 1. The topological polar surface area (TPSA) is 35.2 Å². The van der Waals surface area contributed by atoms with E-state index in [4.69, 9.17) is 22.1 Å². The number of nitrogen functional groups attached to an aromatic ring is 1. The lowest BCUT2D eigenvalue weighted by Crippen LogP contribution is -2.01. The van der Waals surface area contributed by atoms with Crippen molar-refractivity contribution in [2.45, 2.75) is 31.8 Å². The van der Waals surface area contributed by atoms with E-state index in [2.05, 4.69) is 0 Å². The van der Waals surface area contributed by atoms with Crippen molar-refractivity contribution in [2.75, 3.05) is 12.8 Å². The maximum Gasteiger partial charge on any atom is 0.147 e. The molecule has 0 spiro atoms. The standard InChI is InChI=1S/C6H5ClFN.C6H12O/c7-4-1-2-6(9)5(8)3-4;1-7-6-4-2-3-5-6/h1-3H,9H2;6H,2-5H2,1H3. The molecule has 4 heteroatoms. The lowest BCUT2D eigenvalue weighted by molar-refractivity contribution is 0.109. The highest BCUT2D eigenvalue weighted by Crippen LogP contribution is 2.19. The smallest absolute Gasteiger partial charge is 0.147 e. The molecule has 90 valence electrons. The van der Waals surface area contributed by atoms with E-state index in [1.807, 2.05) is 0 Å². The third-order valence-corrected chi connectivity index (χ3v) is 2.83. The van der Waals surface area contributed by atoms with E-state index in [0.29, 0.717) is 11.1 Å². The van der Waals surface area contributed by atoms with Crippen molar-refractivity contribution in [2.24, 2.45) is 0 Å². The molecule has 1 aliphatic carbocycles. The molecule has 0 atom stereocenters. The minimum atomic E-state index is -0.470. The number of ether oxygens (including phenoxy) is 1. The zero-order valence-corrected chi connectivity index (χ0v) is 10.1. The van der Waals surface area contributed by atoms with E-state index in [9.17, 15) is 4.39 Å². The fraction of sp³-hybridized carbons (Fsp3) is 0.500. The minimum absolute atomic E-state index is 0.124. The molecule has 2 nitrogen and oxygen atoms in total. The summed E-state index contributed by atoms with van der Waals surface area (Å²) in [5.74, 6) is -0.470. The Balaban J connectivity index is 0.000000165. The summed E-state index contributed by atoms with van der Waals surface area (Å²) in [5.41, 5.74) is 5.28. The molecule has 0 amide bonds. The Morgan fingerprint density at radius 1 is 1.38 bits per heavy atom. The van der Waals surface area contributed by atoms with Gasteiger partial charge in [-0.2, -0.15) is 0 Å². The van der Waals surface area contributed by atoms with E-state index in [1.54, 1.807) is 13.2 Å². The van der Waals surface area contributed by atoms with E-state index in [0.717, 1.165) is 0 Å². The molecule has 0 heterocycles. The largest absolute Gasteiger partial charge is 0.396 e. The molecule has 0 bridgehead atoms. The van der Waals surface area contributed by atoms with Crippen LogP contribution in [0.2, 0.25) is 5.02 Å². The average Bonchev–Trinajstić information content (AvgIpc) is 2.77. The number of hydrogen-bond donors (Lipinski definition) is 1. The van der Waals surface area contributed by atoms with E-state index < -0.39 is 5.82 Å². The molecular weight excluding hydrogens is 229 g/mol. The first-order valence-electron chi connectivity index (χ1n) is 5.37. The second kappa shape index (κ2) is 6.71. The molecule has 0 radical (unpaired) electrons. The SMILES string of the molecule is COC1CCCC1.Nc1ccc(Cl)cc1F. The monoisotopic (exact) mass is 245 g/mol. The van der Waals surface area contributed by atoms with Crippen molar-refractivity contribution in [1.29, 1.82) is 0 Å². The molecule has 0 saturated heterocycles. The van der Waals surface area contributed by atoms with E-state index >= 15 is 0 Å². The number of methoxy groups -OCH3 is 1. The molecule has 1 aromatic rings. The van der Waals surface area contributed by atoms with Gasteiger partial charge in [0.05, 0.1) is 11.8 Å².